The summed E-state index contributed by atoms with van der Waals surface area (Å²) in [5.41, 5.74) is 0.136. The first-order valence-corrected chi connectivity index (χ1v) is 6.69. The van der Waals surface area contributed by atoms with E-state index in [0.29, 0.717) is 0 Å². The number of hydrogen-bond donors (Lipinski definition) is 1. The van der Waals surface area contributed by atoms with Gasteiger partial charge in [-0.15, -0.1) is 5.10 Å². The van der Waals surface area contributed by atoms with Gasteiger partial charge in [0.1, 0.15) is 11.4 Å². The van der Waals surface area contributed by atoms with E-state index in [9.17, 15) is 19.3 Å². The highest BCUT2D eigenvalue weighted by Gasteiger charge is 2.20. The fourth-order valence-electron chi connectivity index (χ4n) is 1.97. The van der Waals surface area contributed by atoms with Gasteiger partial charge in [-0.2, -0.15) is 0 Å². The molecule has 3 rings (SSSR count). The quantitative estimate of drug-likeness (QED) is 0.582. The van der Waals surface area contributed by atoms with Crippen LogP contribution in [-0.2, 0) is 0 Å². The molecule has 0 atom stereocenters. The standard InChI is InChI=1S/C15H9FN4O4/c16-10-7-5-9(6-8-10)13(21)17-15-19-18-14(24-15)11-3-1-2-4-12(11)20(22)23/h1-8H,(H,17,19,21). The largest absolute Gasteiger partial charge is 0.403 e. The number of carbonyl (C=O) groups is 1. The summed E-state index contributed by atoms with van der Waals surface area (Å²) < 4.78 is 18.1. The highest BCUT2D eigenvalue weighted by atomic mass is 19.1. The van der Waals surface area contributed by atoms with E-state index < -0.39 is 16.6 Å². The smallest absolute Gasteiger partial charge is 0.322 e. The normalized spacial score (nSPS) is 10.4. The molecular weight excluding hydrogens is 319 g/mol. The van der Waals surface area contributed by atoms with Crippen molar-refractivity contribution >= 4 is 17.6 Å². The minimum Gasteiger partial charge on any atom is -0.403 e. The van der Waals surface area contributed by atoms with Crippen LogP contribution in [0.3, 0.4) is 0 Å². The molecule has 0 fully saturated rings. The van der Waals surface area contributed by atoms with Crippen LogP contribution >= 0.6 is 0 Å². The molecule has 0 aliphatic carbocycles. The van der Waals surface area contributed by atoms with Crippen molar-refractivity contribution in [2.24, 2.45) is 0 Å². The van der Waals surface area contributed by atoms with E-state index in [4.69, 9.17) is 4.42 Å². The fraction of sp³-hybridized carbons (Fsp3) is 0. The van der Waals surface area contributed by atoms with Gasteiger partial charge in [-0.05, 0) is 30.3 Å². The highest BCUT2D eigenvalue weighted by molar-refractivity contribution is 6.03. The van der Waals surface area contributed by atoms with Crippen LogP contribution in [0.4, 0.5) is 16.1 Å². The Morgan fingerprint density at radius 3 is 2.54 bits per heavy atom. The second-order valence-electron chi connectivity index (χ2n) is 4.65. The molecule has 1 amide bonds. The van der Waals surface area contributed by atoms with Crippen LogP contribution in [-0.4, -0.2) is 21.0 Å². The van der Waals surface area contributed by atoms with Gasteiger partial charge in [0.25, 0.3) is 17.5 Å². The molecule has 1 aromatic heterocycles. The number of nitrogens with zero attached hydrogens (tertiary/aromatic N) is 3. The SMILES string of the molecule is O=C(Nc1nnc(-c2ccccc2[N+](=O)[O-])o1)c1ccc(F)cc1. The predicted octanol–water partition coefficient (Wildman–Crippen LogP) is 3.04. The number of anilines is 1. The molecule has 2 aromatic carbocycles. The summed E-state index contributed by atoms with van der Waals surface area (Å²) in [7, 11) is 0. The average molecular weight is 328 g/mol. The first kappa shape index (κ1) is 15.3. The van der Waals surface area contributed by atoms with Crippen molar-refractivity contribution in [2.45, 2.75) is 0 Å². The third-order valence-electron chi connectivity index (χ3n) is 3.08. The number of benzene rings is 2. The lowest BCUT2D eigenvalue weighted by atomic mass is 10.2. The summed E-state index contributed by atoms with van der Waals surface area (Å²) in [6.45, 7) is 0. The Labute approximate surface area is 134 Å². The maximum atomic E-state index is 12.8. The number of aromatic nitrogens is 2. The molecule has 9 heteroatoms. The molecule has 0 unspecified atom stereocenters. The van der Waals surface area contributed by atoms with E-state index in [0.717, 1.165) is 12.1 Å². The van der Waals surface area contributed by atoms with Crippen LogP contribution in [0, 0.1) is 15.9 Å². The first-order chi connectivity index (χ1) is 11.5. The molecule has 24 heavy (non-hydrogen) atoms. The Hall–Kier alpha value is -3.62. The second kappa shape index (κ2) is 6.24. The summed E-state index contributed by atoms with van der Waals surface area (Å²) >= 11 is 0. The number of carbonyl (C=O) groups excluding carboxylic acids is 1. The molecule has 120 valence electrons. The first-order valence-electron chi connectivity index (χ1n) is 6.69. The number of nitro benzene ring substituents is 1. The van der Waals surface area contributed by atoms with Crippen molar-refractivity contribution in [3.63, 3.8) is 0 Å². The number of para-hydroxylation sites is 1. The predicted molar refractivity (Wildman–Crippen MR) is 80.7 cm³/mol. The lowest BCUT2D eigenvalue weighted by Crippen LogP contribution is -2.12. The van der Waals surface area contributed by atoms with E-state index in [1.165, 1.54) is 30.3 Å². The average Bonchev–Trinajstić information content (AvgIpc) is 3.03. The van der Waals surface area contributed by atoms with E-state index in [-0.39, 0.29) is 28.7 Å². The van der Waals surface area contributed by atoms with Crippen LogP contribution in [0.15, 0.2) is 52.9 Å². The van der Waals surface area contributed by atoms with Crippen molar-refractivity contribution in [1.29, 1.82) is 0 Å². The molecular formula is C15H9FN4O4. The molecule has 0 saturated heterocycles. The molecule has 0 spiro atoms. The Balaban J connectivity index is 1.83. The van der Waals surface area contributed by atoms with Gasteiger partial charge in [0.2, 0.25) is 0 Å². The van der Waals surface area contributed by atoms with Crippen molar-refractivity contribution in [1.82, 2.24) is 10.2 Å². The van der Waals surface area contributed by atoms with Crippen molar-refractivity contribution in [2.75, 3.05) is 5.32 Å². The Kier molecular flexibility index (Phi) is 3.98. The third kappa shape index (κ3) is 3.09. The monoisotopic (exact) mass is 328 g/mol. The Bertz CT molecular complexity index is 908. The summed E-state index contributed by atoms with van der Waals surface area (Å²) in [4.78, 5) is 22.4. The van der Waals surface area contributed by atoms with E-state index in [1.54, 1.807) is 6.07 Å². The lowest BCUT2D eigenvalue weighted by molar-refractivity contribution is -0.384. The Morgan fingerprint density at radius 1 is 1.12 bits per heavy atom. The third-order valence-corrected chi connectivity index (χ3v) is 3.08. The number of nitro groups is 1. The summed E-state index contributed by atoms with van der Waals surface area (Å²) in [5.74, 6) is -1.15. The zero-order valence-electron chi connectivity index (χ0n) is 12.0. The molecule has 1 heterocycles. The van der Waals surface area contributed by atoms with Gasteiger partial charge >= 0.3 is 6.01 Å². The minimum atomic E-state index is -0.576. The topological polar surface area (TPSA) is 111 Å². The number of halogens is 1. The molecule has 0 saturated carbocycles. The molecule has 8 nitrogen and oxygen atoms in total. The number of amides is 1. The fourth-order valence-corrected chi connectivity index (χ4v) is 1.97. The maximum Gasteiger partial charge on any atom is 0.322 e. The molecule has 0 aliphatic heterocycles. The van der Waals surface area contributed by atoms with Crippen LogP contribution < -0.4 is 5.32 Å². The van der Waals surface area contributed by atoms with Gasteiger partial charge in [-0.25, -0.2) is 4.39 Å². The number of rotatable bonds is 4. The van der Waals surface area contributed by atoms with Gasteiger partial charge in [0.05, 0.1) is 4.92 Å². The van der Waals surface area contributed by atoms with Crippen LogP contribution in [0.5, 0.6) is 0 Å². The number of hydrogen-bond acceptors (Lipinski definition) is 6. The van der Waals surface area contributed by atoms with Crippen LogP contribution in [0.25, 0.3) is 11.5 Å². The summed E-state index contributed by atoms with van der Waals surface area (Å²) in [6.07, 6.45) is 0. The Morgan fingerprint density at radius 2 is 1.83 bits per heavy atom. The van der Waals surface area contributed by atoms with Crippen LogP contribution in [0.2, 0.25) is 0 Å². The van der Waals surface area contributed by atoms with Gasteiger partial charge in [-0.3, -0.25) is 20.2 Å². The van der Waals surface area contributed by atoms with E-state index in [1.807, 2.05) is 0 Å². The van der Waals surface area contributed by atoms with Crippen molar-refractivity contribution in [3.05, 3.63) is 70.0 Å². The zero-order chi connectivity index (χ0) is 17.1. The second-order valence-corrected chi connectivity index (χ2v) is 4.65. The summed E-state index contributed by atoms with van der Waals surface area (Å²) in [6, 6.07) is 10.5. The van der Waals surface area contributed by atoms with E-state index in [2.05, 4.69) is 15.5 Å². The molecule has 0 radical (unpaired) electrons. The maximum absolute atomic E-state index is 12.8. The highest BCUT2D eigenvalue weighted by Crippen LogP contribution is 2.29. The van der Waals surface area contributed by atoms with Crippen molar-refractivity contribution < 1.29 is 18.5 Å². The lowest BCUT2D eigenvalue weighted by Gasteiger charge is -2.00. The van der Waals surface area contributed by atoms with E-state index >= 15 is 0 Å². The van der Waals surface area contributed by atoms with Gasteiger partial charge in [0.15, 0.2) is 0 Å². The zero-order valence-corrected chi connectivity index (χ0v) is 12.0. The number of nitrogens with one attached hydrogen (secondary N) is 1. The molecule has 0 bridgehead atoms. The molecule has 1 N–H and O–H groups in total. The van der Waals surface area contributed by atoms with Crippen molar-refractivity contribution in [3.8, 4) is 11.5 Å². The molecule has 0 aliphatic rings. The van der Waals surface area contributed by atoms with Gasteiger partial charge in [0, 0.05) is 11.6 Å². The molecule has 3 aromatic rings. The van der Waals surface area contributed by atoms with Crippen LogP contribution in [0.1, 0.15) is 10.4 Å². The van der Waals surface area contributed by atoms with Gasteiger partial charge < -0.3 is 4.42 Å². The summed E-state index contributed by atoms with van der Waals surface area (Å²) in [5, 5.41) is 20.7. The van der Waals surface area contributed by atoms with Gasteiger partial charge in [-0.1, -0.05) is 17.2 Å². The minimum absolute atomic E-state index is 0.100.